The number of methoxy groups -OCH3 is 3. The number of nitrogens with one attached hydrogen (secondary N) is 1. The first-order chi connectivity index (χ1) is 20.8. The van der Waals surface area contributed by atoms with Gasteiger partial charge in [-0.25, -0.2) is 0 Å². The van der Waals surface area contributed by atoms with Crippen LogP contribution in [0.2, 0.25) is 5.02 Å². The lowest BCUT2D eigenvalue weighted by Crippen LogP contribution is -2.38. The molecule has 5 rings (SSSR count). The lowest BCUT2D eigenvalue weighted by Gasteiger charge is -2.38. The van der Waals surface area contributed by atoms with Crippen molar-refractivity contribution in [3.05, 3.63) is 69.6 Å². The average Bonchev–Trinajstić information content (AvgIpc) is 3.47. The van der Waals surface area contributed by atoms with Crippen LogP contribution in [0.3, 0.4) is 0 Å². The largest absolute Gasteiger partial charge is 0.493 e. The number of nitrogens with two attached hydrogens (primary N) is 1. The van der Waals surface area contributed by atoms with Crippen LogP contribution < -0.4 is 30.2 Å². The van der Waals surface area contributed by atoms with Gasteiger partial charge < -0.3 is 25.3 Å². The van der Waals surface area contributed by atoms with Crippen LogP contribution in [0.15, 0.2) is 63.4 Å². The molecule has 0 fully saturated rings. The van der Waals surface area contributed by atoms with Gasteiger partial charge in [-0.1, -0.05) is 52.9 Å². The fraction of sp³-hybridized carbons (Fsp3) is 0.276. The van der Waals surface area contributed by atoms with Crippen LogP contribution in [0.1, 0.15) is 30.7 Å². The van der Waals surface area contributed by atoms with Gasteiger partial charge in [-0.05, 0) is 24.5 Å². The molecular formula is C29H27ClN6O5S2. The molecule has 14 heteroatoms. The third kappa shape index (κ3) is 5.86. The Morgan fingerprint density at radius 1 is 1.19 bits per heavy atom. The Labute approximate surface area is 261 Å². The highest BCUT2D eigenvalue weighted by Crippen LogP contribution is 2.48. The number of carbonyl (C=O) groups excluding carboxylic acids is 2. The van der Waals surface area contributed by atoms with Crippen molar-refractivity contribution in [3.63, 3.8) is 0 Å². The van der Waals surface area contributed by atoms with E-state index in [1.54, 1.807) is 29.2 Å². The number of benzene rings is 2. The SMILES string of the molecule is COc1cc(NC(=O)CSc2nnc(N3C(N)=C(C#N)C(c4ccccc4Cl)C4=C3CCCC4=O)s2)cc(OC)c1OC. The van der Waals surface area contributed by atoms with Crippen molar-refractivity contribution in [2.24, 2.45) is 5.73 Å². The van der Waals surface area contributed by atoms with E-state index >= 15 is 0 Å². The van der Waals surface area contributed by atoms with Gasteiger partial charge in [0.2, 0.25) is 16.8 Å². The van der Waals surface area contributed by atoms with Crippen molar-refractivity contribution in [3.8, 4) is 23.3 Å². The standard InChI is InChI=1S/C29H27ClN6O5S2/c1-39-21-11-15(12-22(40-2)26(21)41-3)33-23(38)14-42-29-35-34-28(43-29)36-19-9-6-10-20(37)25(19)24(17(13-31)27(36)32)16-7-4-5-8-18(16)30/h4-5,7-8,11-12,24H,6,9-10,14,32H2,1-3H3,(H,33,38). The second-order valence-corrected chi connectivity index (χ2v) is 12.0. The Morgan fingerprint density at radius 2 is 1.91 bits per heavy atom. The molecule has 1 amide bonds. The summed E-state index contributed by atoms with van der Waals surface area (Å²) >= 11 is 8.93. The Kier molecular flexibility index (Phi) is 9.10. The Morgan fingerprint density at radius 3 is 2.56 bits per heavy atom. The Bertz CT molecular complexity index is 1670. The number of rotatable bonds is 9. The van der Waals surface area contributed by atoms with E-state index in [2.05, 4.69) is 21.6 Å². The van der Waals surface area contributed by atoms with E-state index in [9.17, 15) is 14.9 Å². The van der Waals surface area contributed by atoms with Crippen LogP contribution in [0.5, 0.6) is 17.2 Å². The molecule has 222 valence electrons. The molecule has 0 bridgehead atoms. The molecule has 3 aromatic rings. The van der Waals surface area contributed by atoms with Crippen molar-refractivity contribution in [1.29, 1.82) is 5.26 Å². The lowest BCUT2D eigenvalue weighted by atomic mass is 9.76. The first-order valence-electron chi connectivity index (χ1n) is 13.1. The summed E-state index contributed by atoms with van der Waals surface area (Å²) in [4.78, 5) is 27.7. The number of ether oxygens (including phenoxy) is 3. The first kappa shape index (κ1) is 30.2. The number of thioether (sulfide) groups is 1. The summed E-state index contributed by atoms with van der Waals surface area (Å²) in [6.45, 7) is 0. The summed E-state index contributed by atoms with van der Waals surface area (Å²) in [7, 11) is 4.49. The van der Waals surface area contributed by atoms with Gasteiger partial charge >= 0.3 is 0 Å². The van der Waals surface area contributed by atoms with E-state index in [0.29, 0.717) is 73.5 Å². The molecule has 1 unspecified atom stereocenters. The van der Waals surface area contributed by atoms with Crippen LogP contribution >= 0.6 is 34.7 Å². The third-order valence-corrected chi connectivity index (χ3v) is 9.38. The van der Waals surface area contributed by atoms with Gasteiger partial charge in [0, 0.05) is 40.5 Å². The van der Waals surface area contributed by atoms with Crippen LogP contribution in [0.4, 0.5) is 10.8 Å². The molecule has 2 aromatic carbocycles. The fourth-order valence-electron chi connectivity index (χ4n) is 5.15. The zero-order chi connectivity index (χ0) is 30.7. The zero-order valence-electron chi connectivity index (χ0n) is 23.5. The molecule has 0 saturated carbocycles. The summed E-state index contributed by atoms with van der Waals surface area (Å²) in [5.74, 6) is 0.446. The van der Waals surface area contributed by atoms with E-state index in [-0.39, 0.29) is 28.8 Å². The highest BCUT2D eigenvalue weighted by molar-refractivity contribution is 8.01. The molecule has 0 radical (unpaired) electrons. The summed E-state index contributed by atoms with van der Waals surface area (Å²) in [5, 5.41) is 22.4. The number of hydrogen-bond acceptors (Lipinski definition) is 12. The Hall–Kier alpha value is -4.25. The second kappa shape index (κ2) is 12.9. The molecule has 11 nitrogen and oxygen atoms in total. The number of halogens is 1. The molecule has 43 heavy (non-hydrogen) atoms. The van der Waals surface area contributed by atoms with Crippen LogP contribution in [-0.2, 0) is 9.59 Å². The van der Waals surface area contributed by atoms with Gasteiger partial charge in [-0.15, -0.1) is 10.2 Å². The molecule has 0 saturated heterocycles. The van der Waals surface area contributed by atoms with Gasteiger partial charge in [0.1, 0.15) is 5.82 Å². The summed E-state index contributed by atoms with van der Waals surface area (Å²) in [6, 6.07) is 12.6. The monoisotopic (exact) mass is 638 g/mol. The van der Waals surface area contributed by atoms with Gasteiger partial charge in [-0.3, -0.25) is 14.5 Å². The maximum Gasteiger partial charge on any atom is 0.234 e. The summed E-state index contributed by atoms with van der Waals surface area (Å²) < 4.78 is 16.5. The van der Waals surface area contributed by atoms with E-state index in [1.165, 1.54) is 44.4 Å². The molecule has 1 aliphatic carbocycles. The average molecular weight is 639 g/mol. The summed E-state index contributed by atoms with van der Waals surface area (Å²) in [5.41, 5.74) is 9.14. The number of allylic oxidation sites excluding steroid dienone is 3. The van der Waals surface area contributed by atoms with Crippen molar-refractivity contribution >= 4 is 57.2 Å². The van der Waals surface area contributed by atoms with Crippen LogP contribution in [-0.4, -0.2) is 49.0 Å². The van der Waals surface area contributed by atoms with Gasteiger partial charge in [0.25, 0.3) is 0 Å². The highest BCUT2D eigenvalue weighted by atomic mass is 35.5. The quantitative estimate of drug-likeness (QED) is 0.295. The number of hydrogen-bond donors (Lipinski definition) is 2. The predicted molar refractivity (Wildman–Crippen MR) is 165 cm³/mol. The van der Waals surface area contributed by atoms with Crippen LogP contribution in [0.25, 0.3) is 0 Å². The molecule has 2 heterocycles. The minimum absolute atomic E-state index is 0.0427. The Balaban J connectivity index is 1.38. The number of anilines is 2. The zero-order valence-corrected chi connectivity index (χ0v) is 25.9. The predicted octanol–water partition coefficient (Wildman–Crippen LogP) is 5.25. The number of nitriles is 1. The van der Waals surface area contributed by atoms with E-state index in [1.807, 2.05) is 12.1 Å². The molecule has 1 aliphatic heterocycles. The fourth-order valence-corrected chi connectivity index (χ4v) is 7.08. The number of ketones is 1. The number of amides is 1. The minimum Gasteiger partial charge on any atom is -0.493 e. The number of nitrogens with zero attached hydrogens (tertiary/aromatic N) is 4. The van der Waals surface area contributed by atoms with Gasteiger partial charge in [0.15, 0.2) is 21.6 Å². The smallest absolute Gasteiger partial charge is 0.234 e. The highest BCUT2D eigenvalue weighted by Gasteiger charge is 2.41. The second-order valence-electron chi connectivity index (χ2n) is 9.44. The van der Waals surface area contributed by atoms with E-state index in [4.69, 9.17) is 31.5 Å². The molecule has 3 N–H and O–H groups in total. The van der Waals surface area contributed by atoms with Gasteiger partial charge in [-0.2, -0.15) is 5.26 Å². The van der Waals surface area contributed by atoms with Crippen molar-refractivity contribution < 1.29 is 23.8 Å². The molecule has 2 aliphatic rings. The van der Waals surface area contributed by atoms with E-state index < -0.39 is 5.92 Å². The maximum absolute atomic E-state index is 13.3. The lowest BCUT2D eigenvalue weighted by molar-refractivity contribution is -0.116. The maximum atomic E-state index is 13.3. The van der Waals surface area contributed by atoms with Crippen LogP contribution in [0, 0.1) is 11.3 Å². The summed E-state index contributed by atoms with van der Waals surface area (Å²) in [6.07, 6.45) is 1.57. The van der Waals surface area contributed by atoms with Crippen molar-refractivity contribution in [2.45, 2.75) is 29.5 Å². The van der Waals surface area contributed by atoms with Crippen molar-refractivity contribution in [1.82, 2.24) is 10.2 Å². The van der Waals surface area contributed by atoms with E-state index in [0.717, 1.165) is 0 Å². The molecule has 1 atom stereocenters. The molecular weight excluding hydrogens is 612 g/mol. The normalized spacial score (nSPS) is 16.5. The van der Waals surface area contributed by atoms with Gasteiger partial charge in [0.05, 0.1) is 44.6 Å². The topological polar surface area (TPSA) is 153 Å². The number of aromatic nitrogens is 2. The van der Waals surface area contributed by atoms with Crippen molar-refractivity contribution in [2.75, 3.05) is 37.3 Å². The number of Topliss-reactive ketones (excluding diaryl/α,β-unsaturated/α-hetero) is 1. The third-order valence-electron chi connectivity index (χ3n) is 6.99. The molecule has 0 spiro atoms. The molecule has 1 aromatic heterocycles. The minimum atomic E-state index is -0.668. The first-order valence-corrected chi connectivity index (χ1v) is 15.3. The number of carbonyl (C=O) groups is 2.